The Morgan fingerprint density at radius 1 is 1.22 bits per heavy atom. The summed E-state index contributed by atoms with van der Waals surface area (Å²) in [5.41, 5.74) is 3.67. The lowest BCUT2D eigenvalue weighted by molar-refractivity contribution is 0.411. The first-order valence-electron chi connectivity index (χ1n) is 7.79. The van der Waals surface area contributed by atoms with Crippen molar-refractivity contribution in [2.45, 2.75) is 33.6 Å². The predicted molar refractivity (Wildman–Crippen MR) is 101 cm³/mol. The van der Waals surface area contributed by atoms with E-state index in [1.54, 1.807) is 20.4 Å². The van der Waals surface area contributed by atoms with Gasteiger partial charge < -0.3 is 4.74 Å². The van der Waals surface area contributed by atoms with Gasteiger partial charge in [0.05, 0.1) is 12.8 Å². The van der Waals surface area contributed by atoms with E-state index in [0.717, 1.165) is 41.0 Å². The Morgan fingerprint density at radius 3 is 2.48 bits per heavy atom. The van der Waals surface area contributed by atoms with Gasteiger partial charge in [0.25, 0.3) is 0 Å². The van der Waals surface area contributed by atoms with E-state index in [0.29, 0.717) is 5.17 Å². The number of hydrogen-bond donors (Lipinski definition) is 0. The van der Waals surface area contributed by atoms with Gasteiger partial charge in [-0.15, -0.1) is 0 Å². The van der Waals surface area contributed by atoms with E-state index in [1.165, 1.54) is 0 Å². The van der Waals surface area contributed by atoms with Crippen molar-refractivity contribution in [3.63, 3.8) is 0 Å². The third-order valence-corrected chi connectivity index (χ3v) is 3.68. The average Bonchev–Trinajstić information content (AvgIpc) is 2.56. The van der Waals surface area contributed by atoms with E-state index in [9.17, 15) is 0 Å². The summed E-state index contributed by atoms with van der Waals surface area (Å²) < 4.78 is 5.49. The van der Waals surface area contributed by atoms with Gasteiger partial charge in [-0.2, -0.15) is 0 Å². The van der Waals surface area contributed by atoms with Gasteiger partial charge in [0.1, 0.15) is 10.9 Å². The molecule has 0 amide bonds. The Bertz CT molecular complexity index is 643. The fourth-order valence-electron chi connectivity index (χ4n) is 2.08. The van der Waals surface area contributed by atoms with Crippen LogP contribution in [0.15, 0.2) is 46.5 Å². The van der Waals surface area contributed by atoms with Gasteiger partial charge in [-0.25, -0.2) is 4.99 Å². The Labute approximate surface area is 144 Å². The SMILES string of the molecule is CC/C=C\C(=N/C)c1cc(OC)c(C)c(/C(Cl)=N\C=C\CC)c1. The quantitative estimate of drug-likeness (QED) is 0.624. The van der Waals surface area contributed by atoms with Crippen molar-refractivity contribution in [3.8, 4) is 5.75 Å². The molecule has 0 atom stereocenters. The first-order valence-corrected chi connectivity index (χ1v) is 8.17. The van der Waals surface area contributed by atoms with Crippen LogP contribution in [0.5, 0.6) is 5.75 Å². The molecule has 1 aromatic carbocycles. The predicted octanol–water partition coefficient (Wildman–Crippen LogP) is 5.30. The fourth-order valence-corrected chi connectivity index (χ4v) is 2.34. The fraction of sp³-hybridized carbons (Fsp3) is 0.368. The molecule has 0 saturated carbocycles. The third-order valence-electron chi connectivity index (χ3n) is 3.38. The van der Waals surface area contributed by atoms with Gasteiger partial charge in [-0.05, 0) is 38.0 Å². The van der Waals surface area contributed by atoms with Gasteiger partial charge >= 0.3 is 0 Å². The Balaban J connectivity index is 3.41. The van der Waals surface area contributed by atoms with Crippen LogP contribution in [0.2, 0.25) is 0 Å². The second kappa shape index (κ2) is 10.0. The molecule has 0 radical (unpaired) electrons. The summed E-state index contributed by atoms with van der Waals surface area (Å²) in [5.74, 6) is 0.774. The van der Waals surface area contributed by atoms with Gasteiger partial charge in [0.15, 0.2) is 0 Å². The number of rotatable bonds is 7. The summed E-state index contributed by atoms with van der Waals surface area (Å²) in [4.78, 5) is 8.65. The molecule has 0 aromatic heterocycles. The third kappa shape index (κ3) is 5.36. The molecule has 0 aliphatic carbocycles. The van der Waals surface area contributed by atoms with Gasteiger partial charge in [0.2, 0.25) is 0 Å². The monoisotopic (exact) mass is 332 g/mol. The van der Waals surface area contributed by atoms with Crippen LogP contribution in [-0.2, 0) is 0 Å². The number of halogens is 1. The maximum atomic E-state index is 6.39. The highest BCUT2D eigenvalue weighted by Gasteiger charge is 2.13. The highest BCUT2D eigenvalue weighted by molar-refractivity contribution is 6.69. The maximum absolute atomic E-state index is 6.39. The number of allylic oxidation sites excluding steroid dienone is 3. The van der Waals surface area contributed by atoms with Gasteiger partial charge in [-0.1, -0.05) is 37.6 Å². The number of hydrogen-bond acceptors (Lipinski definition) is 3. The minimum Gasteiger partial charge on any atom is -0.496 e. The van der Waals surface area contributed by atoms with E-state index >= 15 is 0 Å². The molecule has 23 heavy (non-hydrogen) atoms. The lowest BCUT2D eigenvalue weighted by Crippen LogP contribution is -2.04. The highest BCUT2D eigenvalue weighted by Crippen LogP contribution is 2.26. The number of aliphatic imine (C=N–C) groups is 2. The molecule has 124 valence electrons. The second-order valence-corrected chi connectivity index (χ2v) is 5.34. The van der Waals surface area contributed by atoms with Crippen LogP contribution < -0.4 is 4.74 Å². The summed E-state index contributed by atoms with van der Waals surface area (Å²) in [6.45, 7) is 6.12. The first kappa shape index (κ1) is 19.2. The van der Waals surface area contributed by atoms with Crippen molar-refractivity contribution < 1.29 is 4.74 Å². The molecule has 0 aliphatic rings. The molecule has 0 fully saturated rings. The minimum absolute atomic E-state index is 0.447. The van der Waals surface area contributed by atoms with Crippen LogP contribution in [0, 0.1) is 6.92 Å². The van der Waals surface area contributed by atoms with Crippen LogP contribution in [0.25, 0.3) is 0 Å². The van der Waals surface area contributed by atoms with Crippen molar-refractivity contribution in [1.29, 1.82) is 0 Å². The van der Waals surface area contributed by atoms with Crippen molar-refractivity contribution in [2.24, 2.45) is 9.98 Å². The largest absolute Gasteiger partial charge is 0.496 e. The van der Waals surface area contributed by atoms with Gasteiger partial charge in [0, 0.05) is 29.9 Å². The molecule has 0 unspecified atom stereocenters. The van der Waals surface area contributed by atoms with E-state index in [2.05, 4.69) is 29.9 Å². The van der Waals surface area contributed by atoms with E-state index in [1.807, 2.05) is 31.2 Å². The van der Waals surface area contributed by atoms with Gasteiger partial charge in [-0.3, -0.25) is 4.99 Å². The normalized spacial score (nSPS) is 13.3. The summed E-state index contributed by atoms with van der Waals surface area (Å²) in [6.07, 6.45) is 9.65. The molecule has 1 rings (SSSR count). The molecule has 0 heterocycles. The second-order valence-electron chi connectivity index (χ2n) is 4.98. The molecular weight excluding hydrogens is 308 g/mol. The lowest BCUT2D eigenvalue weighted by Gasteiger charge is -2.13. The molecule has 3 nitrogen and oxygen atoms in total. The molecular formula is C19H25ClN2O. The van der Waals surface area contributed by atoms with Crippen LogP contribution in [0.1, 0.15) is 43.4 Å². The summed E-state index contributed by atoms with van der Waals surface area (Å²) in [5, 5.41) is 0.447. The van der Waals surface area contributed by atoms with E-state index in [-0.39, 0.29) is 0 Å². The average molecular weight is 333 g/mol. The summed E-state index contributed by atoms with van der Waals surface area (Å²) in [7, 11) is 3.43. The molecule has 0 bridgehead atoms. The van der Waals surface area contributed by atoms with E-state index < -0.39 is 0 Å². The molecule has 4 heteroatoms. The Hall–Kier alpha value is -1.87. The van der Waals surface area contributed by atoms with Crippen LogP contribution >= 0.6 is 11.6 Å². The standard InChI is InChI=1S/C19H25ClN2O/c1-6-8-10-17(21-4)15-12-16(14(3)18(13-15)23-5)19(20)22-11-9-7-2/h8-13H,6-7H2,1-5H3/b10-8-,11-9+,21-17+,22-19+. The first-order chi connectivity index (χ1) is 11.1. The molecule has 0 aliphatic heterocycles. The zero-order valence-electron chi connectivity index (χ0n) is 14.6. The minimum atomic E-state index is 0.447. The number of benzene rings is 1. The zero-order chi connectivity index (χ0) is 17.2. The van der Waals surface area contributed by atoms with Crippen molar-refractivity contribution >= 4 is 22.5 Å². The zero-order valence-corrected chi connectivity index (χ0v) is 15.3. The Kier molecular flexibility index (Phi) is 8.35. The van der Waals surface area contributed by atoms with Crippen molar-refractivity contribution in [1.82, 2.24) is 0 Å². The van der Waals surface area contributed by atoms with Crippen molar-refractivity contribution in [3.05, 3.63) is 53.3 Å². The summed E-state index contributed by atoms with van der Waals surface area (Å²) in [6, 6.07) is 3.99. The number of ether oxygens (including phenoxy) is 1. The maximum Gasteiger partial charge on any atom is 0.136 e. The molecule has 0 saturated heterocycles. The smallest absolute Gasteiger partial charge is 0.136 e. The van der Waals surface area contributed by atoms with Crippen LogP contribution in [-0.4, -0.2) is 25.0 Å². The van der Waals surface area contributed by atoms with E-state index in [4.69, 9.17) is 16.3 Å². The lowest BCUT2D eigenvalue weighted by atomic mass is 10.0. The van der Waals surface area contributed by atoms with Crippen LogP contribution in [0.3, 0.4) is 0 Å². The molecule has 1 aromatic rings. The highest BCUT2D eigenvalue weighted by atomic mass is 35.5. The van der Waals surface area contributed by atoms with Crippen LogP contribution in [0.4, 0.5) is 0 Å². The molecule has 0 spiro atoms. The number of methoxy groups -OCH3 is 1. The topological polar surface area (TPSA) is 34.0 Å². The van der Waals surface area contributed by atoms with Crippen molar-refractivity contribution in [2.75, 3.05) is 14.2 Å². The Morgan fingerprint density at radius 2 is 1.91 bits per heavy atom. The summed E-state index contributed by atoms with van der Waals surface area (Å²) >= 11 is 6.39. The molecule has 0 N–H and O–H groups in total. The number of nitrogens with zero attached hydrogens (tertiary/aromatic N) is 2.